The summed E-state index contributed by atoms with van der Waals surface area (Å²) in [5.74, 6) is -3.64. The van der Waals surface area contributed by atoms with E-state index in [9.17, 15) is 51.9 Å². The summed E-state index contributed by atoms with van der Waals surface area (Å²) in [6.07, 6.45) is 0. The number of hydrogen-bond donors (Lipinski definition) is 4. The first kappa shape index (κ1) is 32.9. The lowest BCUT2D eigenvalue weighted by molar-refractivity contribution is 0.364. The van der Waals surface area contributed by atoms with Crippen molar-refractivity contribution >= 4 is 85.7 Å². The SMILES string of the molecule is COc1c(I)c(OC)c(S(=O)(=O)O)c(-c2c(S(=O)(=O)O)c(OC)c(I)c(OC)c2S(=O)(=O)O)c1S(=O)(=O)O. The Morgan fingerprint density at radius 1 is 0.447 bits per heavy atom. The van der Waals surface area contributed by atoms with Crippen LogP contribution in [0.5, 0.6) is 23.0 Å². The molecule has 0 spiro atoms. The summed E-state index contributed by atoms with van der Waals surface area (Å²) in [4.78, 5) is -6.40. The van der Waals surface area contributed by atoms with Crippen LogP contribution in [0, 0.1) is 7.14 Å². The van der Waals surface area contributed by atoms with Crippen molar-refractivity contribution in [3.8, 4) is 34.1 Å². The number of halogens is 2. The van der Waals surface area contributed by atoms with Crippen LogP contribution in [0.3, 0.4) is 0 Å². The second-order valence-electron chi connectivity index (χ2n) is 6.73. The number of benzene rings is 2. The van der Waals surface area contributed by atoms with Gasteiger partial charge >= 0.3 is 0 Å². The van der Waals surface area contributed by atoms with Crippen LogP contribution in [0.2, 0.25) is 0 Å². The van der Waals surface area contributed by atoms with Crippen LogP contribution in [0.15, 0.2) is 19.6 Å². The molecule has 0 aromatic heterocycles. The molecule has 0 fully saturated rings. The Morgan fingerprint density at radius 3 is 0.711 bits per heavy atom. The van der Waals surface area contributed by atoms with Gasteiger partial charge in [0.15, 0.2) is 23.0 Å². The first-order valence-corrected chi connectivity index (χ1v) is 16.9. The van der Waals surface area contributed by atoms with E-state index in [-0.39, 0.29) is 0 Å². The fourth-order valence-corrected chi connectivity index (χ4v) is 9.78. The Balaban J connectivity index is 3.87. The van der Waals surface area contributed by atoms with Crippen molar-refractivity contribution in [3.63, 3.8) is 0 Å². The van der Waals surface area contributed by atoms with Crippen LogP contribution in [0.25, 0.3) is 11.1 Å². The average Bonchev–Trinajstić information content (AvgIpc) is 2.74. The van der Waals surface area contributed by atoms with Crippen LogP contribution >= 0.6 is 45.2 Å². The average molecular weight is 846 g/mol. The molecule has 0 amide bonds. The molecule has 2 aromatic carbocycles. The molecule has 38 heavy (non-hydrogen) atoms. The Bertz CT molecular complexity index is 1510. The minimum atomic E-state index is -5.73. The first-order valence-electron chi connectivity index (χ1n) is 8.96. The van der Waals surface area contributed by atoms with Gasteiger partial charge in [0.05, 0.1) is 35.6 Å². The molecule has 2 rings (SSSR count). The third-order valence-corrected chi connectivity index (χ3v) is 10.2. The second kappa shape index (κ2) is 11.0. The molecule has 214 valence electrons. The van der Waals surface area contributed by atoms with Crippen LogP contribution < -0.4 is 18.9 Å². The predicted octanol–water partition coefficient (Wildman–Crippen LogP) is 1.58. The molecular weight excluding hydrogens is 830 g/mol. The van der Waals surface area contributed by atoms with Crippen molar-refractivity contribution in [2.45, 2.75) is 19.6 Å². The van der Waals surface area contributed by atoms with Gasteiger partial charge in [-0.15, -0.1) is 0 Å². The van der Waals surface area contributed by atoms with Gasteiger partial charge in [0.2, 0.25) is 0 Å². The van der Waals surface area contributed by atoms with Crippen molar-refractivity contribution in [2.75, 3.05) is 28.4 Å². The molecule has 0 aliphatic rings. The van der Waals surface area contributed by atoms with Crippen molar-refractivity contribution < 1.29 is 70.8 Å². The fraction of sp³-hybridized carbons (Fsp3) is 0.250. The minimum absolute atomic E-state index is 0.511. The summed E-state index contributed by atoms with van der Waals surface area (Å²) >= 11 is 2.61. The lowest BCUT2D eigenvalue weighted by atomic mass is 10.0. The van der Waals surface area contributed by atoms with Gasteiger partial charge in [-0.2, -0.15) is 33.7 Å². The van der Waals surface area contributed by atoms with E-state index in [1.165, 1.54) is 45.2 Å². The summed E-state index contributed by atoms with van der Waals surface area (Å²) in [7, 11) is -19.5. The van der Waals surface area contributed by atoms with Gasteiger partial charge in [-0.05, 0) is 45.2 Å². The zero-order valence-electron chi connectivity index (χ0n) is 19.1. The maximum atomic E-state index is 12.6. The fourth-order valence-electron chi connectivity index (χ4n) is 3.43. The Kier molecular flexibility index (Phi) is 9.50. The largest absolute Gasteiger partial charge is 0.494 e. The van der Waals surface area contributed by atoms with Crippen LogP contribution in [0.4, 0.5) is 0 Å². The monoisotopic (exact) mass is 846 g/mol. The Hall–Kier alpha value is -1.26. The molecular formula is C16H16I2O16S4. The summed E-state index contributed by atoms with van der Waals surface area (Å²) in [6, 6.07) is 0. The quantitative estimate of drug-likeness (QED) is 0.207. The minimum Gasteiger partial charge on any atom is -0.494 e. The maximum Gasteiger partial charge on any atom is 0.298 e. The topological polar surface area (TPSA) is 254 Å². The maximum absolute atomic E-state index is 12.6. The molecule has 4 N–H and O–H groups in total. The number of ether oxygens (including phenoxy) is 4. The lowest BCUT2D eigenvalue weighted by Crippen LogP contribution is -2.18. The highest BCUT2D eigenvalue weighted by molar-refractivity contribution is 14.1. The van der Waals surface area contributed by atoms with E-state index in [4.69, 9.17) is 18.9 Å². The predicted molar refractivity (Wildman–Crippen MR) is 143 cm³/mol. The third-order valence-electron chi connectivity index (χ3n) is 4.63. The molecule has 22 heteroatoms. The van der Waals surface area contributed by atoms with Crippen molar-refractivity contribution in [1.82, 2.24) is 0 Å². The van der Waals surface area contributed by atoms with E-state index in [1.54, 1.807) is 0 Å². The van der Waals surface area contributed by atoms with E-state index in [0.717, 1.165) is 28.4 Å². The zero-order valence-corrected chi connectivity index (χ0v) is 26.7. The molecule has 0 atom stereocenters. The van der Waals surface area contributed by atoms with Crippen molar-refractivity contribution in [1.29, 1.82) is 0 Å². The van der Waals surface area contributed by atoms with E-state index in [2.05, 4.69) is 0 Å². The van der Waals surface area contributed by atoms with Gasteiger partial charge in [0.1, 0.15) is 19.6 Å². The molecule has 0 bridgehead atoms. The molecule has 0 unspecified atom stereocenters. The van der Waals surface area contributed by atoms with Gasteiger partial charge in [0, 0.05) is 11.1 Å². The molecule has 0 saturated heterocycles. The van der Waals surface area contributed by atoms with Gasteiger partial charge < -0.3 is 18.9 Å². The third kappa shape index (κ3) is 5.78. The van der Waals surface area contributed by atoms with E-state index < -0.39 is 101 Å². The normalized spacial score (nSPS) is 12.8. The lowest BCUT2D eigenvalue weighted by Gasteiger charge is -2.24. The van der Waals surface area contributed by atoms with E-state index in [1.807, 2.05) is 0 Å². The number of methoxy groups -OCH3 is 4. The molecule has 0 radical (unpaired) electrons. The van der Waals surface area contributed by atoms with Crippen LogP contribution in [-0.2, 0) is 40.5 Å². The van der Waals surface area contributed by atoms with Crippen molar-refractivity contribution in [3.05, 3.63) is 7.14 Å². The molecule has 0 heterocycles. The van der Waals surface area contributed by atoms with Crippen LogP contribution in [-0.4, -0.2) is 80.3 Å². The first-order chi connectivity index (χ1) is 17.1. The van der Waals surface area contributed by atoms with E-state index >= 15 is 0 Å². The molecule has 0 aliphatic carbocycles. The molecule has 0 saturated carbocycles. The number of hydrogen-bond acceptors (Lipinski definition) is 12. The van der Waals surface area contributed by atoms with Crippen molar-refractivity contribution in [2.24, 2.45) is 0 Å². The smallest absolute Gasteiger partial charge is 0.298 e. The Morgan fingerprint density at radius 2 is 0.605 bits per heavy atom. The summed E-state index contributed by atoms with van der Waals surface area (Å²) in [5, 5.41) is 0. The zero-order chi connectivity index (χ0) is 29.8. The summed E-state index contributed by atoms with van der Waals surface area (Å²) in [6.45, 7) is 0. The van der Waals surface area contributed by atoms with Crippen LogP contribution in [0.1, 0.15) is 0 Å². The standard InChI is InChI=1S/C16H16I2O16S4/c1-31-9-7(17)10(32-2)14(36(22,23)24)5(13(9)35(19,20)21)6-15(37(25,26)27)11(33-3)8(18)12(34-4)16(6)38(28,29)30/h1-4H3,(H,19,20,21)(H,22,23,24)(H,25,26,27)(H,28,29,30). The highest BCUT2D eigenvalue weighted by Crippen LogP contribution is 2.55. The highest BCUT2D eigenvalue weighted by Gasteiger charge is 2.44. The molecule has 2 aromatic rings. The molecule has 16 nitrogen and oxygen atoms in total. The Labute approximate surface area is 243 Å². The van der Waals surface area contributed by atoms with Gasteiger partial charge in [-0.25, -0.2) is 0 Å². The van der Waals surface area contributed by atoms with E-state index in [0.29, 0.717) is 0 Å². The van der Waals surface area contributed by atoms with Gasteiger partial charge in [-0.1, -0.05) is 0 Å². The molecule has 0 aliphatic heterocycles. The summed E-state index contributed by atoms with van der Waals surface area (Å²) < 4.78 is 160. The second-order valence-corrected chi connectivity index (χ2v) is 14.3. The van der Waals surface area contributed by atoms with Gasteiger partial charge in [-0.3, -0.25) is 18.2 Å². The summed E-state index contributed by atoms with van der Waals surface area (Å²) in [5.41, 5.74) is -3.20. The highest BCUT2D eigenvalue weighted by atomic mass is 127. The van der Waals surface area contributed by atoms with Gasteiger partial charge in [0.25, 0.3) is 40.5 Å². The number of rotatable bonds is 9.